The van der Waals surface area contributed by atoms with Gasteiger partial charge in [0.15, 0.2) is 5.76 Å². The van der Waals surface area contributed by atoms with Crippen LogP contribution < -0.4 is 11.1 Å². The Balaban J connectivity index is 0.00000226. The molecule has 0 bridgehead atoms. The van der Waals surface area contributed by atoms with E-state index in [1.54, 1.807) is 42.4 Å². The van der Waals surface area contributed by atoms with Gasteiger partial charge in [-0.2, -0.15) is 0 Å². The minimum atomic E-state index is -0.0456. The van der Waals surface area contributed by atoms with Gasteiger partial charge in [-0.3, -0.25) is 9.59 Å². The first kappa shape index (κ1) is 31.7. The number of likely N-dealkylation sites (tertiary alicyclic amines) is 1. The van der Waals surface area contributed by atoms with Crippen molar-refractivity contribution < 1.29 is 18.8 Å². The number of hydrogen-bond acceptors (Lipinski definition) is 8. The van der Waals surface area contributed by atoms with Gasteiger partial charge in [0.05, 0.1) is 6.26 Å². The van der Waals surface area contributed by atoms with Crippen molar-refractivity contribution in [2.45, 2.75) is 39.0 Å². The van der Waals surface area contributed by atoms with Crippen LogP contribution >= 0.6 is 11.8 Å². The Morgan fingerprint density at radius 1 is 1.24 bits per heavy atom. The number of carbonyl (C=O) groups excluding carboxylic acids is 3. The van der Waals surface area contributed by atoms with Gasteiger partial charge in [-0.25, -0.2) is 4.98 Å². The molecule has 1 saturated heterocycles. The Kier molecular flexibility index (Phi) is 12.3. The monoisotopic (exact) mass is 579 g/mol. The van der Waals surface area contributed by atoms with Crippen LogP contribution in [0, 0.1) is 5.41 Å². The minimum Gasteiger partial charge on any atom is -0.459 e. The molecule has 0 aliphatic carbocycles. The smallest absolute Gasteiger partial charge is 0.289 e. The van der Waals surface area contributed by atoms with Crippen LogP contribution in [0.1, 0.15) is 54.3 Å². The van der Waals surface area contributed by atoms with E-state index in [0.717, 1.165) is 61.3 Å². The largest absolute Gasteiger partial charge is 0.459 e. The Morgan fingerprint density at radius 2 is 2.02 bits per heavy atom. The number of furan rings is 1. The number of anilines is 1. The highest BCUT2D eigenvalue weighted by molar-refractivity contribution is 8.02. The molecule has 4 heterocycles. The van der Waals surface area contributed by atoms with Gasteiger partial charge >= 0.3 is 0 Å². The zero-order valence-corrected chi connectivity index (χ0v) is 24.8. The molecule has 10 heteroatoms. The van der Waals surface area contributed by atoms with Crippen molar-refractivity contribution in [1.82, 2.24) is 14.8 Å². The predicted octanol–water partition coefficient (Wildman–Crippen LogP) is 4.74. The van der Waals surface area contributed by atoms with Crippen molar-refractivity contribution >= 4 is 42.3 Å². The van der Waals surface area contributed by atoms with E-state index in [0.29, 0.717) is 25.4 Å². The zero-order valence-electron chi connectivity index (χ0n) is 24.0. The van der Waals surface area contributed by atoms with Gasteiger partial charge in [-0.1, -0.05) is 18.6 Å². The van der Waals surface area contributed by atoms with Gasteiger partial charge in [-0.05, 0) is 78.3 Å². The van der Waals surface area contributed by atoms with Crippen molar-refractivity contribution in [3.05, 3.63) is 76.9 Å². The molecule has 2 aromatic heterocycles. The summed E-state index contributed by atoms with van der Waals surface area (Å²) in [5.74, 6) is 2.22. The molecule has 2 aliphatic rings. The molecule has 3 N–H and O–H groups in total. The first-order valence-electron chi connectivity index (χ1n) is 13.8. The second-order valence-corrected chi connectivity index (χ2v) is 11.5. The molecule has 0 atom stereocenters. The number of nitrogens with one attached hydrogen (secondary N) is 1. The van der Waals surface area contributed by atoms with Crippen molar-refractivity contribution in [3.63, 3.8) is 0 Å². The van der Waals surface area contributed by atoms with Crippen LogP contribution in [0.3, 0.4) is 0 Å². The Labute approximate surface area is 246 Å². The number of nitrogens with zero attached hydrogens (tertiary/aromatic N) is 3. The maximum absolute atomic E-state index is 12.8. The number of thioether (sulfide) groups is 1. The fourth-order valence-corrected chi connectivity index (χ4v) is 5.77. The van der Waals surface area contributed by atoms with Gasteiger partial charge in [0.25, 0.3) is 5.91 Å². The highest BCUT2D eigenvalue weighted by Crippen LogP contribution is 2.36. The van der Waals surface area contributed by atoms with Crippen LogP contribution in [-0.2, 0) is 16.0 Å². The third kappa shape index (κ3) is 9.11. The molecule has 0 spiro atoms. The lowest BCUT2D eigenvalue weighted by atomic mass is 9.75. The van der Waals surface area contributed by atoms with E-state index in [1.165, 1.54) is 11.8 Å². The fourth-order valence-electron chi connectivity index (χ4n) is 5.15. The second-order valence-electron chi connectivity index (χ2n) is 10.5. The summed E-state index contributed by atoms with van der Waals surface area (Å²) in [6.07, 6.45) is 15.2. The number of nitrogens with two attached hydrogens (primary N) is 1. The first-order valence-corrected chi connectivity index (χ1v) is 14.9. The zero-order chi connectivity index (χ0) is 29.7. The van der Waals surface area contributed by atoms with E-state index in [4.69, 9.17) is 14.9 Å². The Morgan fingerprint density at radius 3 is 2.66 bits per heavy atom. The molecule has 4 rings (SSSR count). The molecule has 9 nitrogen and oxygen atoms in total. The maximum Gasteiger partial charge on any atom is 0.289 e. The number of rotatable bonds is 10. The summed E-state index contributed by atoms with van der Waals surface area (Å²) in [5.41, 5.74) is 8.85. The average Bonchev–Trinajstić information content (AvgIpc) is 3.55. The van der Waals surface area contributed by atoms with Gasteiger partial charge < -0.3 is 30.1 Å². The average molecular weight is 580 g/mol. The number of piperidine rings is 1. The van der Waals surface area contributed by atoms with Crippen LogP contribution in [0.25, 0.3) is 6.08 Å². The molecular weight excluding hydrogens is 538 g/mol. The predicted molar refractivity (Wildman–Crippen MR) is 165 cm³/mol. The van der Waals surface area contributed by atoms with Gasteiger partial charge in [-0.15, -0.1) is 11.8 Å². The molecule has 2 amide bonds. The molecule has 0 radical (unpaired) electrons. The van der Waals surface area contributed by atoms with Crippen LogP contribution in [0.4, 0.5) is 5.82 Å². The van der Waals surface area contributed by atoms with Crippen molar-refractivity contribution in [2.75, 3.05) is 44.3 Å². The first-order chi connectivity index (χ1) is 19.9. The van der Waals surface area contributed by atoms with Crippen LogP contribution in [0.2, 0.25) is 0 Å². The molecule has 0 aromatic carbocycles. The number of pyridine rings is 1. The van der Waals surface area contributed by atoms with E-state index in [9.17, 15) is 9.59 Å². The summed E-state index contributed by atoms with van der Waals surface area (Å²) in [6.45, 7) is 7.06. The quantitative estimate of drug-likeness (QED) is 0.235. The van der Waals surface area contributed by atoms with Crippen molar-refractivity contribution in [3.8, 4) is 0 Å². The lowest BCUT2D eigenvalue weighted by Crippen LogP contribution is -2.42. The molecule has 1 fully saturated rings. The van der Waals surface area contributed by atoms with Gasteiger partial charge in [0.1, 0.15) is 12.6 Å². The standard InChI is InChI=1S/C30H39N5O3S.CH2O/c1-30(10-15-35(16-11-30)29(37)26-4-3-17-38-26)21-25-20-24(22-33-28(25)32-2)5-6-27(36)34-13-7-23(8-14-34)9-18-39-19-12-31;1-2/h3-7,12,17,19-20,22H,8-11,13-16,18,21,31H2,1-2H3,(H,32,33);1H2/b6-5+,19-12-;. The van der Waals surface area contributed by atoms with Crippen molar-refractivity contribution in [1.29, 1.82) is 0 Å². The third-order valence-electron chi connectivity index (χ3n) is 7.58. The van der Waals surface area contributed by atoms with Crippen LogP contribution in [0.15, 0.2) is 64.4 Å². The summed E-state index contributed by atoms with van der Waals surface area (Å²) in [6, 6.07) is 5.58. The molecule has 220 valence electrons. The lowest BCUT2D eigenvalue weighted by Gasteiger charge is -2.39. The molecule has 2 aromatic rings. The number of amides is 2. The van der Waals surface area contributed by atoms with Gasteiger partial charge in [0, 0.05) is 57.5 Å². The minimum absolute atomic E-state index is 0.0190. The topological polar surface area (TPSA) is 122 Å². The maximum atomic E-state index is 12.8. The molecule has 0 saturated carbocycles. The summed E-state index contributed by atoms with van der Waals surface area (Å²) in [4.78, 5) is 41.9. The highest BCUT2D eigenvalue weighted by atomic mass is 32.2. The summed E-state index contributed by atoms with van der Waals surface area (Å²) >= 11 is 1.71. The van der Waals surface area contributed by atoms with Crippen molar-refractivity contribution in [2.24, 2.45) is 11.1 Å². The van der Waals surface area contributed by atoms with E-state index in [1.807, 2.05) is 35.1 Å². The number of aromatic nitrogens is 1. The Hall–Kier alpha value is -3.79. The SMILES string of the molecule is C=O.CNc1ncc(/C=C/C(=O)N2CC=C(CCS/C=C\N)CC2)cc1CC1(C)CCN(C(=O)c2ccco2)CC1. The summed E-state index contributed by atoms with van der Waals surface area (Å²) < 4.78 is 5.29. The highest BCUT2D eigenvalue weighted by Gasteiger charge is 2.33. The van der Waals surface area contributed by atoms with E-state index < -0.39 is 0 Å². The molecule has 0 unspecified atom stereocenters. The third-order valence-corrected chi connectivity index (χ3v) is 8.37. The van der Waals surface area contributed by atoms with E-state index in [-0.39, 0.29) is 17.2 Å². The Bertz CT molecular complexity index is 1230. The number of hydrogen-bond donors (Lipinski definition) is 2. The molecule has 2 aliphatic heterocycles. The summed E-state index contributed by atoms with van der Waals surface area (Å²) in [5, 5.41) is 5.12. The normalized spacial score (nSPS) is 16.8. The summed E-state index contributed by atoms with van der Waals surface area (Å²) in [7, 11) is 1.88. The fraction of sp³-hybridized carbons (Fsp3) is 0.419. The van der Waals surface area contributed by atoms with E-state index in [2.05, 4.69) is 29.4 Å². The van der Waals surface area contributed by atoms with Crippen LogP contribution in [0.5, 0.6) is 0 Å². The molecule has 41 heavy (non-hydrogen) atoms. The number of carbonyl (C=O) groups is 3. The van der Waals surface area contributed by atoms with Crippen LogP contribution in [-0.4, -0.2) is 72.4 Å². The lowest BCUT2D eigenvalue weighted by molar-refractivity contribution is -0.125. The second kappa shape index (κ2) is 15.9. The van der Waals surface area contributed by atoms with E-state index >= 15 is 0 Å². The molecular formula is C31H41N5O4S. The van der Waals surface area contributed by atoms with Gasteiger partial charge in [0.2, 0.25) is 5.91 Å².